The van der Waals surface area contributed by atoms with Crippen LogP contribution in [0.5, 0.6) is 0 Å². The Kier molecular flexibility index (Phi) is 16.6. The SMILES string of the molecule is CCCCCCCCCCCC(=O)C(N)CCC(O[Cl+3]([O-])([O-])[O-])C(C)(C)O.N. The smallest absolute Gasteiger partial charge is 0.241 e. The van der Waals surface area contributed by atoms with E-state index in [1.54, 1.807) is 0 Å². The lowest BCUT2D eigenvalue weighted by Crippen LogP contribution is -2.64. The average Bonchev–Trinajstić information content (AvgIpc) is 2.54. The molecule has 0 spiro atoms. The van der Waals surface area contributed by atoms with Crippen LogP contribution in [0.15, 0.2) is 0 Å². The summed E-state index contributed by atoms with van der Waals surface area (Å²) in [7, 11) is -4.66. The zero-order valence-electron chi connectivity index (χ0n) is 17.8. The van der Waals surface area contributed by atoms with E-state index in [0.29, 0.717) is 6.42 Å². The first-order valence-electron chi connectivity index (χ1n) is 10.1. The summed E-state index contributed by atoms with van der Waals surface area (Å²) in [5.74, 6) is -0.0880. The molecule has 28 heavy (non-hydrogen) atoms. The predicted molar refractivity (Wildman–Crippen MR) is 100 cm³/mol. The Morgan fingerprint density at radius 2 is 1.46 bits per heavy atom. The van der Waals surface area contributed by atoms with Gasteiger partial charge in [-0.05, 0) is 33.1 Å². The van der Waals surface area contributed by atoms with Crippen molar-refractivity contribution in [3.63, 3.8) is 0 Å². The van der Waals surface area contributed by atoms with Crippen LogP contribution in [0.1, 0.15) is 97.8 Å². The summed E-state index contributed by atoms with van der Waals surface area (Å²) in [6, 6.07) is -0.751. The van der Waals surface area contributed by atoms with Crippen LogP contribution in [0.3, 0.4) is 0 Å². The molecule has 2 unspecified atom stereocenters. The third-order valence-electron chi connectivity index (χ3n) is 4.68. The minimum Gasteiger partial charge on any atom is -0.387 e. The molecule has 0 fully saturated rings. The largest absolute Gasteiger partial charge is 0.387 e. The number of carbonyl (C=O) groups excluding carboxylic acids is 1. The molecule has 0 rings (SSSR count). The Balaban J connectivity index is 0. The van der Waals surface area contributed by atoms with Gasteiger partial charge in [0.2, 0.25) is 6.10 Å². The van der Waals surface area contributed by atoms with E-state index in [9.17, 15) is 23.9 Å². The molecular formula is C19H41ClN2O6. The molecule has 9 heteroatoms. The molecule has 2 atom stereocenters. The first-order chi connectivity index (χ1) is 12.5. The van der Waals surface area contributed by atoms with Crippen molar-refractivity contribution < 1.29 is 38.4 Å². The Hall–Kier alpha value is -0.320. The topological polar surface area (TPSA) is 177 Å². The van der Waals surface area contributed by atoms with Gasteiger partial charge < -0.3 is 17.0 Å². The highest BCUT2D eigenvalue weighted by Crippen LogP contribution is 2.21. The minimum atomic E-state index is -4.66. The summed E-state index contributed by atoms with van der Waals surface area (Å²) in [5.41, 5.74) is 4.33. The molecule has 0 aromatic heterocycles. The number of hydrogen-bond donors (Lipinski definition) is 3. The van der Waals surface area contributed by atoms with Crippen LogP contribution >= 0.6 is 0 Å². The third kappa shape index (κ3) is 16.6. The highest BCUT2D eigenvalue weighted by atomic mass is 35.7. The fourth-order valence-corrected chi connectivity index (χ4v) is 3.50. The number of halogens is 1. The summed E-state index contributed by atoms with van der Waals surface area (Å²) in [5, 5.41) is 9.93. The van der Waals surface area contributed by atoms with E-state index in [2.05, 4.69) is 11.2 Å². The van der Waals surface area contributed by atoms with Gasteiger partial charge in [0, 0.05) is 6.42 Å². The van der Waals surface area contributed by atoms with Crippen LogP contribution in [0.4, 0.5) is 0 Å². The van der Waals surface area contributed by atoms with Gasteiger partial charge in [0.05, 0.1) is 20.6 Å². The summed E-state index contributed by atoms with van der Waals surface area (Å²) in [4.78, 5) is 12.1. The van der Waals surface area contributed by atoms with Crippen molar-refractivity contribution in [1.29, 1.82) is 0 Å². The second kappa shape index (κ2) is 15.5. The van der Waals surface area contributed by atoms with Crippen molar-refractivity contribution in [3.8, 4) is 0 Å². The molecule has 0 heterocycles. The van der Waals surface area contributed by atoms with Crippen LogP contribution in [0.2, 0.25) is 0 Å². The van der Waals surface area contributed by atoms with Crippen LogP contribution in [0.25, 0.3) is 0 Å². The number of carbonyl (C=O) groups is 1. The van der Waals surface area contributed by atoms with Crippen LogP contribution in [-0.2, 0) is 9.08 Å². The Labute approximate surface area is 172 Å². The van der Waals surface area contributed by atoms with Crippen molar-refractivity contribution in [1.82, 2.24) is 6.15 Å². The number of ketones is 1. The molecule has 8 nitrogen and oxygen atoms in total. The van der Waals surface area contributed by atoms with Crippen LogP contribution in [0, 0.1) is 10.2 Å². The lowest BCUT2D eigenvalue weighted by atomic mass is 9.94. The number of Topliss-reactive ketones (excluding diaryl/α,β-unsaturated/α-hetero) is 1. The van der Waals surface area contributed by atoms with E-state index in [-0.39, 0.29) is 24.8 Å². The molecule has 0 saturated carbocycles. The third-order valence-corrected chi connectivity index (χ3v) is 5.12. The summed E-state index contributed by atoms with van der Waals surface area (Å²) >= 11 is 0. The maximum Gasteiger partial charge on any atom is 0.241 e. The average molecular weight is 429 g/mol. The Morgan fingerprint density at radius 3 is 1.89 bits per heavy atom. The summed E-state index contributed by atoms with van der Waals surface area (Å²) in [6.45, 7) is 4.88. The first-order valence-corrected chi connectivity index (χ1v) is 11.3. The molecule has 0 aliphatic rings. The van der Waals surface area contributed by atoms with Crippen molar-refractivity contribution >= 4 is 5.78 Å². The van der Waals surface area contributed by atoms with Gasteiger partial charge in [0.15, 0.2) is 0 Å². The van der Waals surface area contributed by atoms with Gasteiger partial charge >= 0.3 is 0 Å². The molecule has 170 valence electrons. The number of aliphatic hydroxyl groups is 1. The molecule has 0 aliphatic carbocycles. The molecule has 0 bridgehead atoms. The lowest BCUT2D eigenvalue weighted by Gasteiger charge is -2.27. The van der Waals surface area contributed by atoms with Gasteiger partial charge in [-0.1, -0.05) is 58.3 Å². The molecule has 0 aromatic rings. The van der Waals surface area contributed by atoms with Crippen molar-refractivity contribution in [2.45, 2.75) is 116 Å². The number of unbranched alkanes of at least 4 members (excludes halogenated alkanes) is 8. The quantitative estimate of drug-likeness (QED) is 0.284. The van der Waals surface area contributed by atoms with E-state index in [1.165, 1.54) is 52.4 Å². The molecule has 0 radical (unpaired) electrons. The van der Waals surface area contributed by atoms with Gasteiger partial charge in [-0.3, -0.25) is 4.79 Å². The fraction of sp³-hybridized carbons (Fsp3) is 0.947. The molecule has 0 aliphatic heterocycles. The van der Waals surface area contributed by atoms with E-state index < -0.39 is 28.0 Å². The second-order valence-electron chi connectivity index (χ2n) is 7.84. The predicted octanol–water partition coefficient (Wildman–Crippen LogP) is 0.799. The molecule has 0 saturated heterocycles. The van der Waals surface area contributed by atoms with E-state index in [1.807, 2.05) is 0 Å². The van der Waals surface area contributed by atoms with Gasteiger partial charge in [0.25, 0.3) is 0 Å². The zero-order valence-corrected chi connectivity index (χ0v) is 18.5. The van der Waals surface area contributed by atoms with Crippen molar-refractivity contribution in [3.05, 3.63) is 0 Å². The normalized spacial score (nSPS) is 14.4. The van der Waals surface area contributed by atoms with Crippen molar-refractivity contribution in [2.75, 3.05) is 0 Å². The zero-order chi connectivity index (χ0) is 20.9. The maximum absolute atomic E-state index is 12.1. The monoisotopic (exact) mass is 428 g/mol. The number of nitrogens with two attached hydrogens (primary N) is 1. The fourth-order valence-electron chi connectivity index (χ4n) is 2.93. The van der Waals surface area contributed by atoms with Gasteiger partial charge in [-0.2, -0.15) is 14.0 Å². The van der Waals surface area contributed by atoms with Gasteiger partial charge in [-0.15, -0.1) is 0 Å². The highest BCUT2D eigenvalue weighted by Gasteiger charge is 2.40. The summed E-state index contributed by atoms with van der Waals surface area (Å²) in [6.07, 6.45) is 9.76. The van der Waals surface area contributed by atoms with Gasteiger partial charge in [-0.25, -0.2) is 0 Å². The van der Waals surface area contributed by atoms with Gasteiger partial charge in [0.1, 0.15) is 11.4 Å². The van der Waals surface area contributed by atoms with E-state index >= 15 is 0 Å². The number of rotatable bonds is 17. The van der Waals surface area contributed by atoms with Crippen LogP contribution < -0.4 is 25.9 Å². The molecule has 0 amide bonds. The Morgan fingerprint density at radius 1 is 1.00 bits per heavy atom. The molecule has 0 aromatic carbocycles. The van der Waals surface area contributed by atoms with E-state index in [4.69, 9.17) is 5.73 Å². The lowest BCUT2D eigenvalue weighted by molar-refractivity contribution is -1.92. The first kappa shape index (κ1) is 29.9. The number of hydrogen-bond acceptors (Lipinski definition) is 8. The Bertz CT molecular complexity index is 399. The standard InChI is InChI=1S/C19H38ClNO6.H3N/c1-4-5-6-7-8-9-10-11-12-13-17(22)16(21)14-15-18(19(2,3)23)27-20(24,25)26;/h16,18,23H,4-15,21H2,1-3H3;1H3. The molecule has 6 N–H and O–H groups in total. The summed E-state index contributed by atoms with van der Waals surface area (Å²) < 4.78 is 36.6. The van der Waals surface area contributed by atoms with Crippen molar-refractivity contribution in [2.24, 2.45) is 5.73 Å². The highest BCUT2D eigenvalue weighted by molar-refractivity contribution is 5.83. The van der Waals surface area contributed by atoms with Crippen LogP contribution in [-0.4, -0.2) is 28.6 Å². The molecular weight excluding hydrogens is 388 g/mol. The minimum absolute atomic E-state index is 0. The second-order valence-corrected chi connectivity index (χ2v) is 8.77. The maximum atomic E-state index is 12.1. The van der Waals surface area contributed by atoms with E-state index in [0.717, 1.165) is 19.3 Å².